The molecule has 1 aliphatic heterocycles. The number of amides is 1. The van der Waals surface area contributed by atoms with Crippen LogP contribution in [0.5, 0.6) is 0 Å². The molecule has 0 radical (unpaired) electrons. The van der Waals surface area contributed by atoms with E-state index in [0.29, 0.717) is 25.1 Å². The molecule has 1 amide bonds. The Hall–Kier alpha value is -2.99. The van der Waals surface area contributed by atoms with Gasteiger partial charge in [-0.1, -0.05) is 48.5 Å². The molecule has 2 aromatic carbocycles. The van der Waals surface area contributed by atoms with Crippen molar-refractivity contribution >= 4 is 16.7 Å². The molecule has 132 valence electrons. The van der Waals surface area contributed by atoms with E-state index in [9.17, 15) is 9.59 Å². The van der Waals surface area contributed by atoms with E-state index in [2.05, 4.69) is 5.10 Å². The van der Waals surface area contributed by atoms with Crippen LogP contribution in [0.1, 0.15) is 11.7 Å². The van der Waals surface area contributed by atoms with Crippen molar-refractivity contribution in [2.75, 3.05) is 19.7 Å². The summed E-state index contributed by atoms with van der Waals surface area (Å²) in [5, 5.41) is 5.49. The molecule has 0 bridgehead atoms. The highest BCUT2D eigenvalue weighted by molar-refractivity contribution is 5.81. The Morgan fingerprint density at radius 1 is 1.12 bits per heavy atom. The van der Waals surface area contributed by atoms with Crippen molar-refractivity contribution < 1.29 is 9.53 Å². The largest absolute Gasteiger partial charge is 0.370 e. The maximum Gasteiger partial charge on any atom is 0.275 e. The third-order valence-electron chi connectivity index (χ3n) is 4.64. The lowest BCUT2D eigenvalue weighted by molar-refractivity contribution is -0.139. The third kappa shape index (κ3) is 3.23. The van der Waals surface area contributed by atoms with Crippen LogP contribution in [0, 0.1) is 0 Å². The van der Waals surface area contributed by atoms with Gasteiger partial charge in [-0.2, -0.15) is 5.10 Å². The third-order valence-corrected chi connectivity index (χ3v) is 4.64. The topological polar surface area (TPSA) is 64.4 Å². The van der Waals surface area contributed by atoms with Gasteiger partial charge in [0.2, 0.25) is 5.91 Å². The van der Waals surface area contributed by atoms with E-state index >= 15 is 0 Å². The number of benzene rings is 2. The molecule has 0 unspecified atom stereocenters. The molecule has 6 heteroatoms. The summed E-state index contributed by atoms with van der Waals surface area (Å²) in [6, 6.07) is 17.1. The lowest BCUT2D eigenvalue weighted by Crippen LogP contribution is -2.44. The van der Waals surface area contributed by atoms with E-state index in [0.717, 1.165) is 10.9 Å². The number of rotatable bonds is 3. The van der Waals surface area contributed by atoms with Gasteiger partial charge >= 0.3 is 0 Å². The summed E-state index contributed by atoms with van der Waals surface area (Å²) in [4.78, 5) is 27.0. The first-order chi connectivity index (χ1) is 12.7. The Balaban J connectivity index is 1.51. The number of fused-ring (bicyclic) bond motifs is 1. The Morgan fingerprint density at radius 2 is 1.88 bits per heavy atom. The fourth-order valence-electron chi connectivity index (χ4n) is 3.21. The Bertz CT molecular complexity index is 984. The van der Waals surface area contributed by atoms with Crippen LogP contribution in [0.4, 0.5) is 0 Å². The van der Waals surface area contributed by atoms with Crippen LogP contribution < -0.4 is 5.56 Å². The molecule has 0 saturated carbocycles. The van der Waals surface area contributed by atoms with Gasteiger partial charge in [0.25, 0.3) is 5.56 Å². The molecule has 0 spiro atoms. The quantitative estimate of drug-likeness (QED) is 0.725. The lowest BCUT2D eigenvalue weighted by Gasteiger charge is -2.33. The maximum atomic E-state index is 12.7. The summed E-state index contributed by atoms with van der Waals surface area (Å²) in [5.74, 6) is -0.126. The molecule has 1 saturated heterocycles. The number of morpholine rings is 1. The van der Waals surface area contributed by atoms with Crippen molar-refractivity contribution in [2.45, 2.75) is 12.6 Å². The second-order valence-electron chi connectivity index (χ2n) is 6.30. The van der Waals surface area contributed by atoms with E-state index in [4.69, 9.17) is 4.74 Å². The van der Waals surface area contributed by atoms with Crippen LogP contribution in [-0.2, 0) is 16.1 Å². The normalized spacial score (nSPS) is 17.4. The lowest BCUT2D eigenvalue weighted by atomic mass is 10.1. The molecule has 6 nitrogen and oxygen atoms in total. The van der Waals surface area contributed by atoms with Gasteiger partial charge in [-0.05, 0) is 11.6 Å². The van der Waals surface area contributed by atoms with E-state index in [1.165, 1.54) is 4.68 Å². The number of hydrogen-bond donors (Lipinski definition) is 0. The molecular formula is C20H19N3O3. The van der Waals surface area contributed by atoms with Gasteiger partial charge in [-0.15, -0.1) is 0 Å². The average Bonchev–Trinajstić information content (AvgIpc) is 2.71. The summed E-state index contributed by atoms with van der Waals surface area (Å²) in [6.45, 7) is 1.41. The zero-order chi connectivity index (χ0) is 17.9. The van der Waals surface area contributed by atoms with Gasteiger partial charge in [-0.25, -0.2) is 4.68 Å². The first kappa shape index (κ1) is 16.5. The Morgan fingerprint density at radius 3 is 2.73 bits per heavy atom. The predicted octanol–water partition coefficient (Wildman–Crippen LogP) is 2.00. The molecule has 0 N–H and O–H groups in total. The number of nitrogens with zero attached hydrogens (tertiary/aromatic N) is 3. The van der Waals surface area contributed by atoms with E-state index < -0.39 is 0 Å². The Labute approximate surface area is 150 Å². The summed E-state index contributed by atoms with van der Waals surface area (Å²) >= 11 is 0. The van der Waals surface area contributed by atoms with Gasteiger partial charge in [0, 0.05) is 11.9 Å². The van der Waals surface area contributed by atoms with Crippen molar-refractivity contribution in [3.63, 3.8) is 0 Å². The zero-order valence-corrected chi connectivity index (χ0v) is 14.2. The molecule has 2 heterocycles. The van der Waals surface area contributed by atoms with Gasteiger partial charge in [0.05, 0.1) is 24.7 Å². The van der Waals surface area contributed by atoms with E-state index in [1.54, 1.807) is 17.2 Å². The predicted molar refractivity (Wildman–Crippen MR) is 97.7 cm³/mol. The van der Waals surface area contributed by atoms with Crippen LogP contribution in [0.3, 0.4) is 0 Å². The molecule has 1 aliphatic rings. The van der Waals surface area contributed by atoms with Crippen molar-refractivity contribution in [1.82, 2.24) is 14.7 Å². The molecule has 1 fully saturated rings. The highest BCUT2D eigenvalue weighted by atomic mass is 16.5. The van der Waals surface area contributed by atoms with E-state index in [1.807, 2.05) is 48.5 Å². The fraction of sp³-hybridized carbons (Fsp3) is 0.250. The molecule has 0 aliphatic carbocycles. The Kier molecular flexibility index (Phi) is 4.50. The van der Waals surface area contributed by atoms with Crippen LogP contribution in [-0.4, -0.2) is 40.3 Å². The van der Waals surface area contributed by atoms with Crippen LogP contribution >= 0.6 is 0 Å². The number of hydrogen-bond acceptors (Lipinski definition) is 4. The minimum Gasteiger partial charge on any atom is -0.370 e. The van der Waals surface area contributed by atoms with Crippen molar-refractivity contribution in [3.8, 4) is 0 Å². The van der Waals surface area contributed by atoms with Gasteiger partial charge < -0.3 is 9.64 Å². The average molecular weight is 349 g/mol. The highest BCUT2D eigenvalue weighted by Crippen LogP contribution is 2.22. The summed E-state index contributed by atoms with van der Waals surface area (Å²) in [7, 11) is 0. The summed E-state index contributed by atoms with van der Waals surface area (Å²) < 4.78 is 7.03. The molecule has 1 atom stereocenters. The monoisotopic (exact) mass is 349 g/mol. The first-order valence-corrected chi connectivity index (χ1v) is 8.61. The first-order valence-electron chi connectivity index (χ1n) is 8.61. The van der Waals surface area contributed by atoms with Crippen molar-refractivity contribution in [1.29, 1.82) is 0 Å². The maximum absolute atomic E-state index is 12.7. The number of ether oxygens (including phenoxy) is 1. The second-order valence-corrected chi connectivity index (χ2v) is 6.30. The molecular weight excluding hydrogens is 330 g/mol. The SMILES string of the molecule is O=C(Cn1ncc2ccccc2c1=O)N1CCO[C@@H](c2ccccc2)C1. The molecule has 4 rings (SSSR count). The number of carbonyl (C=O) groups excluding carboxylic acids is 1. The van der Waals surface area contributed by atoms with Crippen LogP contribution in [0.25, 0.3) is 10.8 Å². The number of carbonyl (C=O) groups is 1. The summed E-state index contributed by atoms with van der Waals surface area (Å²) in [6.07, 6.45) is 1.48. The number of aromatic nitrogens is 2. The van der Waals surface area contributed by atoms with E-state index in [-0.39, 0.29) is 24.1 Å². The minimum absolute atomic E-state index is 0.0643. The fourth-order valence-corrected chi connectivity index (χ4v) is 3.21. The molecule has 3 aromatic rings. The second kappa shape index (κ2) is 7.09. The highest BCUT2D eigenvalue weighted by Gasteiger charge is 2.25. The van der Waals surface area contributed by atoms with Crippen molar-refractivity contribution in [2.24, 2.45) is 0 Å². The van der Waals surface area contributed by atoms with Gasteiger partial charge in [0.1, 0.15) is 12.6 Å². The van der Waals surface area contributed by atoms with Gasteiger partial charge in [-0.3, -0.25) is 9.59 Å². The zero-order valence-electron chi connectivity index (χ0n) is 14.2. The summed E-state index contributed by atoms with van der Waals surface area (Å²) in [5.41, 5.74) is 0.801. The molecule has 1 aromatic heterocycles. The van der Waals surface area contributed by atoms with Gasteiger partial charge in [0.15, 0.2) is 0 Å². The standard InChI is InChI=1S/C20H19N3O3/c24-19(14-23-20(25)17-9-5-4-8-16(17)12-21-23)22-10-11-26-18(13-22)15-6-2-1-3-7-15/h1-9,12,18H,10-11,13-14H2/t18-/m1/s1. The van der Waals surface area contributed by atoms with Crippen LogP contribution in [0.15, 0.2) is 65.6 Å². The molecule has 26 heavy (non-hydrogen) atoms. The van der Waals surface area contributed by atoms with Crippen LogP contribution in [0.2, 0.25) is 0 Å². The minimum atomic E-state index is -0.246. The smallest absolute Gasteiger partial charge is 0.275 e. The van der Waals surface area contributed by atoms with Crippen molar-refractivity contribution in [3.05, 3.63) is 76.7 Å².